The Hall–Kier alpha value is -2.00. The number of benzene rings is 2. The van der Waals surface area contributed by atoms with E-state index >= 15 is 0 Å². The van der Waals surface area contributed by atoms with Gasteiger partial charge in [-0.2, -0.15) is 0 Å². The molecule has 0 atom stereocenters. The molecule has 0 saturated carbocycles. The van der Waals surface area contributed by atoms with Gasteiger partial charge >= 0.3 is 0 Å². The van der Waals surface area contributed by atoms with Crippen LogP contribution in [-0.4, -0.2) is 4.98 Å². The largest absolute Gasteiger partial charge is 0.378 e. The molecule has 3 rings (SSSR count). The fourth-order valence-electron chi connectivity index (χ4n) is 2.13. The monoisotopic (exact) mass is 274 g/mol. The molecule has 0 spiro atoms. The summed E-state index contributed by atoms with van der Waals surface area (Å²) in [6, 6.07) is 13.0. The molecule has 96 valence electrons. The zero-order valence-electron chi connectivity index (χ0n) is 10.1. The Morgan fingerprint density at radius 3 is 2.84 bits per heavy atom. The topological polar surface area (TPSA) is 27.8 Å². The van der Waals surface area contributed by atoms with Crippen LogP contribution in [0.4, 0.5) is 10.1 Å². The van der Waals surface area contributed by atoms with E-state index in [1.165, 1.54) is 6.07 Å². The van der Waals surface area contributed by atoms with Gasteiger partial charge in [0.15, 0.2) is 5.82 Å². The highest BCUT2D eigenvalue weighted by atomic mass is 35.5. The molecule has 0 amide bonds. The van der Waals surface area contributed by atoms with Crippen LogP contribution < -0.4 is 5.32 Å². The number of aromatic amines is 1. The lowest BCUT2D eigenvalue weighted by Gasteiger charge is -2.09. The first kappa shape index (κ1) is 12.1. The maximum Gasteiger partial charge on any atom is 0.164 e. The average Bonchev–Trinajstić information content (AvgIpc) is 2.89. The molecule has 2 nitrogen and oxygen atoms in total. The molecule has 0 fully saturated rings. The number of fused-ring (bicyclic) bond motifs is 1. The summed E-state index contributed by atoms with van der Waals surface area (Å²) >= 11 is 5.75. The quantitative estimate of drug-likeness (QED) is 0.719. The van der Waals surface area contributed by atoms with Crippen molar-refractivity contribution in [3.05, 3.63) is 65.1 Å². The molecule has 0 aliphatic carbocycles. The molecule has 4 heteroatoms. The van der Waals surface area contributed by atoms with Crippen LogP contribution in [0.5, 0.6) is 0 Å². The van der Waals surface area contributed by atoms with Gasteiger partial charge in [0, 0.05) is 12.7 Å². The smallest absolute Gasteiger partial charge is 0.164 e. The Bertz CT molecular complexity index is 721. The number of H-pyrrole nitrogens is 1. The van der Waals surface area contributed by atoms with Crippen molar-refractivity contribution < 1.29 is 4.39 Å². The van der Waals surface area contributed by atoms with Gasteiger partial charge in [0.1, 0.15) is 0 Å². The van der Waals surface area contributed by atoms with Crippen molar-refractivity contribution in [2.45, 2.75) is 6.54 Å². The standard InChI is InChI=1S/C15H12ClFN2/c16-12-5-2-6-13(14(12)17)19-9-11-4-1-3-10-7-8-18-15(10)11/h1-8,18-19H,9H2. The second kappa shape index (κ2) is 4.94. The number of hydrogen-bond acceptors (Lipinski definition) is 1. The summed E-state index contributed by atoms with van der Waals surface area (Å²) in [5.74, 6) is -0.414. The minimum Gasteiger partial charge on any atom is -0.378 e. The molecule has 0 bridgehead atoms. The Morgan fingerprint density at radius 1 is 1.11 bits per heavy atom. The predicted octanol–water partition coefficient (Wildman–Crippen LogP) is 4.57. The molecule has 1 heterocycles. The predicted molar refractivity (Wildman–Crippen MR) is 77.0 cm³/mol. The SMILES string of the molecule is Fc1c(Cl)cccc1NCc1cccc2cc[nH]c12. The first-order valence-corrected chi connectivity index (χ1v) is 6.36. The minimum atomic E-state index is -0.414. The molecule has 0 aliphatic rings. The zero-order valence-corrected chi connectivity index (χ0v) is 10.8. The van der Waals surface area contributed by atoms with E-state index in [9.17, 15) is 4.39 Å². The van der Waals surface area contributed by atoms with Crippen LogP contribution in [0.3, 0.4) is 0 Å². The first-order valence-electron chi connectivity index (χ1n) is 5.98. The van der Waals surface area contributed by atoms with Gasteiger partial charge in [-0.25, -0.2) is 4.39 Å². The summed E-state index contributed by atoms with van der Waals surface area (Å²) in [7, 11) is 0. The Morgan fingerprint density at radius 2 is 1.95 bits per heavy atom. The molecule has 2 aromatic carbocycles. The molecule has 0 aliphatic heterocycles. The Labute approximate surface area is 115 Å². The summed E-state index contributed by atoms with van der Waals surface area (Å²) in [6.45, 7) is 0.537. The van der Waals surface area contributed by atoms with Crippen molar-refractivity contribution >= 4 is 28.2 Å². The van der Waals surface area contributed by atoms with Gasteiger partial charge in [0.2, 0.25) is 0 Å². The van der Waals surface area contributed by atoms with Crippen molar-refractivity contribution in [2.24, 2.45) is 0 Å². The van der Waals surface area contributed by atoms with E-state index in [0.29, 0.717) is 12.2 Å². The molecule has 0 saturated heterocycles. The van der Waals surface area contributed by atoms with Gasteiger partial charge in [-0.15, -0.1) is 0 Å². The number of rotatable bonds is 3. The summed E-state index contributed by atoms with van der Waals surface area (Å²) in [6.07, 6.45) is 1.90. The van der Waals surface area contributed by atoms with Crippen molar-refractivity contribution in [3.63, 3.8) is 0 Å². The maximum atomic E-state index is 13.8. The van der Waals surface area contributed by atoms with Crippen LogP contribution in [0, 0.1) is 5.82 Å². The van der Waals surface area contributed by atoms with E-state index in [0.717, 1.165) is 16.5 Å². The van der Waals surface area contributed by atoms with Gasteiger partial charge in [0.05, 0.1) is 16.2 Å². The van der Waals surface area contributed by atoms with Crippen molar-refractivity contribution in [2.75, 3.05) is 5.32 Å². The third kappa shape index (κ3) is 2.29. The number of para-hydroxylation sites is 1. The van der Waals surface area contributed by atoms with Gasteiger partial charge in [-0.1, -0.05) is 35.9 Å². The number of nitrogens with one attached hydrogen (secondary N) is 2. The van der Waals surface area contributed by atoms with Crippen LogP contribution in [0.25, 0.3) is 10.9 Å². The lowest BCUT2D eigenvalue weighted by atomic mass is 10.1. The van der Waals surface area contributed by atoms with Crippen molar-refractivity contribution in [1.82, 2.24) is 4.98 Å². The molecule has 1 aromatic heterocycles. The second-order valence-corrected chi connectivity index (χ2v) is 4.72. The minimum absolute atomic E-state index is 0.128. The van der Waals surface area contributed by atoms with Crippen molar-refractivity contribution in [1.29, 1.82) is 0 Å². The van der Waals surface area contributed by atoms with E-state index in [4.69, 9.17) is 11.6 Å². The van der Waals surface area contributed by atoms with E-state index in [1.54, 1.807) is 12.1 Å². The summed E-state index contributed by atoms with van der Waals surface area (Å²) < 4.78 is 13.8. The molecule has 2 N–H and O–H groups in total. The third-order valence-corrected chi connectivity index (χ3v) is 3.39. The van der Waals surface area contributed by atoms with Crippen LogP contribution >= 0.6 is 11.6 Å². The maximum absolute atomic E-state index is 13.8. The first-order chi connectivity index (χ1) is 9.25. The average molecular weight is 275 g/mol. The van der Waals surface area contributed by atoms with Crippen LogP contribution in [0.2, 0.25) is 5.02 Å². The molecule has 3 aromatic rings. The fraction of sp³-hybridized carbons (Fsp3) is 0.0667. The second-order valence-electron chi connectivity index (χ2n) is 4.31. The highest BCUT2D eigenvalue weighted by molar-refractivity contribution is 6.31. The lowest BCUT2D eigenvalue weighted by Crippen LogP contribution is -2.02. The summed E-state index contributed by atoms with van der Waals surface area (Å²) in [5.41, 5.74) is 2.57. The Balaban J connectivity index is 1.86. The van der Waals surface area contributed by atoms with E-state index in [1.807, 2.05) is 30.5 Å². The van der Waals surface area contributed by atoms with Crippen molar-refractivity contribution in [3.8, 4) is 0 Å². The van der Waals surface area contributed by atoms with Gasteiger partial charge < -0.3 is 10.3 Å². The molecular weight excluding hydrogens is 263 g/mol. The van der Waals surface area contributed by atoms with Gasteiger partial charge in [-0.3, -0.25) is 0 Å². The summed E-state index contributed by atoms with van der Waals surface area (Å²) in [5, 5.41) is 4.34. The molecule has 0 radical (unpaired) electrons. The number of hydrogen-bond donors (Lipinski definition) is 2. The van der Waals surface area contributed by atoms with Crippen LogP contribution in [0.1, 0.15) is 5.56 Å². The normalized spacial score (nSPS) is 10.8. The van der Waals surface area contributed by atoms with E-state index in [-0.39, 0.29) is 5.02 Å². The third-order valence-electron chi connectivity index (χ3n) is 3.09. The summed E-state index contributed by atoms with van der Waals surface area (Å²) in [4.78, 5) is 3.19. The molecular formula is C15H12ClFN2. The van der Waals surface area contributed by atoms with Gasteiger partial charge in [-0.05, 0) is 29.1 Å². The van der Waals surface area contributed by atoms with E-state index in [2.05, 4.69) is 10.3 Å². The van der Waals surface area contributed by atoms with Gasteiger partial charge in [0.25, 0.3) is 0 Å². The van der Waals surface area contributed by atoms with Crippen LogP contribution in [-0.2, 0) is 6.54 Å². The Kier molecular flexibility index (Phi) is 3.13. The zero-order chi connectivity index (χ0) is 13.2. The number of anilines is 1. The molecule has 19 heavy (non-hydrogen) atoms. The number of aromatic nitrogens is 1. The van der Waals surface area contributed by atoms with Crippen LogP contribution in [0.15, 0.2) is 48.7 Å². The highest BCUT2D eigenvalue weighted by Crippen LogP contribution is 2.23. The van der Waals surface area contributed by atoms with E-state index < -0.39 is 5.82 Å². The fourth-order valence-corrected chi connectivity index (χ4v) is 2.30. The highest BCUT2D eigenvalue weighted by Gasteiger charge is 2.07. The number of halogens is 2. The lowest BCUT2D eigenvalue weighted by molar-refractivity contribution is 0.630. The molecule has 0 unspecified atom stereocenters.